The quantitative estimate of drug-likeness (QED) is 0.0140. The smallest absolute Gasteiger partial charge is 0.330 e. The van der Waals surface area contributed by atoms with Gasteiger partial charge in [0.25, 0.3) is 0 Å². The lowest BCUT2D eigenvalue weighted by molar-refractivity contribution is -0.390. The van der Waals surface area contributed by atoms with E-state index in [1.54, 1.807) is 6.08 Å². The van der Waals surface area contributed by atoms with Crippen LogP contribution >= 0.6 is 0 Å². The molecule has 5 aliphatic heterocycles. The van der Waals surface area contributed by atoms with Crippen LogP contribution in [0.1, 0.15) is 83.5 Å². The Kier molecular flexibility index (Phi) is 27.9. The molecule has 11 unspecified atom stereocenters. The summed E-state index contributed by atoms with van der Waals surface area (Å²) in [6.45, 7) is -3.13. The highest BCUT2D eigenvalue weighted by Crippen LogP contribution is 2.45. The topological polar surface area (TPSA) is 545 Å². The zero-order valence-corrected chi connectivity index (χ0v) is 53.5. The number of ether oxygens (including phenoxy) is 14. The fraction of sp³-hybridized carbons (Fsp3) is 0.871. The standard InChI is InChI=1S/C62H96O35/c1-84-34-13-25(14-35(85-2)45(34)73)6-12-43(71)96-57-52(80)47(75)38(21-64)93-62(57)97-58-53(81)49(77)40(22-86-42(70)11-5-24-3-8-28(9-4-24)88-59-54(82)50(78)46(74)37(20-63)92-59)95-61(58)91-36-18-29-32(89-56(36)26-7-10-30(66)31(67)15-26)16-27(65)17-33(29)90-60-55(83)51(79)48(76)39(94-60)23-87-44(72)19-41(68)69/h5-6,11-12,24-40,45-67,73-83H,3-4,7-10,13-23H2,1-2H3,(H,68,69)/p+1/t24?,25?,26?,27?,28?,29?,30?,31?,32?,33?,34?,35?,36?,37-,38-,39-,40-,45?,46-,47-,48-,49-,50+,51+,52+,53+,54-,55-,56?,57-,58-,59-,60-,61-,62+/m1/s1. The lowest BCUT2D eigenvalue weighted by atomic mass is 9.72. The number of aliphatic hydroxyl groups excluding tert-OH is 16. The van der Waals surface area contributed by atoms with E-state index >= 15 is 0 Å². The van der Waals surface area contributed by atoms with Crippen LogP contribution in [-0.2, 0) is 80.8 Å². The van der Waals surface area contributed by atoms with E-state index < -0.39 is 264 Å². The third kappa shape index (κ3) is 18.9. The van der Waals surface area contributed by atoms with Crippen LogP contribution in [0.4, 0.5) is 0 Å². The highest BCUT2D eigenvalue weighted by Gasteiger charge is 2.59. The summed E-state index contributed by atoms with van der Waals surface area (Å²) < 4.78 is 81.6. The minimum atomic E-state index is -2.14. The second-order valence-corrected chi connectivity index (χ2v) is 26.8. The molecule has 5 heterocycles. The van der Waals surface area contributed by atoms with Crippen molar-refractivity contribution in [3.63, 3.8) is 0 Å². The molecule has 31 atom stereocenters. The van der Waals surface area contributed by atoms with Crippen LogP contribution in [0, 0.1) is 23.7 Å². The number of aliphatic hydroxyl groups is 18. The average Bonchev–Trinajstić information content (AvgIpc) is 0.770. The fourth-order valence-electron chi connectivity index (χ4n) is 14.7. The molecule has 0 amide bonds. The number of carboxylic acids is 1. The molecule has 4 aliphatic carbocycles. The zero-order valence-electron chi connectivity index (χ0n) is 53.5. The van der Waals surface area contributed by atoms with E-state index in [4.69, 9.17) is 71.4 Å². The summed E-state index contributed by atoms with van der Waals surface area (Å²) >= 11 is 0. The first-order valence-corrected chi connectivity index (χ1v) is 33.1. The van der Waals surface area contributed by atoms with E-state index in [-0.39, 0.29) is 57.3 Å². The van der Waals surface area contributed by atoms with E-state index in [0.29, 0.717) is 25.7 Å². The molecule has 35 heteroatoms. The molecule has 97 heavy (non-hydrogen) atoms. The Morgan fingerprint density at radius 1 is 0.464 bits per heavy atom. The highest BCUT2D eigenvalue weighted by atomic mass is 16.8. The van der Waals surface area contributed by atoms with Gasteiger partial charge in [-0.1, -0.05) is 12.2 Å². The molecule has 5 saturated heterocycles. The lowest BCUT2D eigenvalue weighted by Crippen LogP contribution is -2.66. The van der Waals surface area contributed by atoms with E-state index in [0.717, 1.165) is 12.2 Å². The first-order valence-electron chi connectivity index (χ1n) is 33.1. The van der Waals surface area contributed by atoms with Crippen molar-refractivity contribution in [3.05, 3.63) is 24.3 Å². The van der Waals surface area contributed by atoms with Crippen LogP contribution < -0.4 is 0 Å². The Labute approximate surface area is 556 Å². The Bertz CT molecular complexity index is 2560. The van der Waals surface area contributed by atoms with E-state index in [9.17, 15) is 101 Å². The summed E-state index contributed by atoms with van der Waals surface area (Å²) in [4.78, 5) is 50.6. The summed E-state index contributed by atoms with van der Waals surface area (Å²) in [7, 11) is 2.81. The van der Waals surface area contributed by atoms with Gasteiger partial charge in [-0.3, -0.25) is 9.59 Å². The average molecular weight is 1400 g/mol. The lowest BCUT2D eigenvalue weighted by Gasteiger charge is -2.51. The molecule has 9 rings (SSSR count). The van der Waals surface area contributed by atoms with E-state index in [2.05, 4.69) is 0 Å². The van der Waals surface area contributed by atoms with Gasteiger partial charge in [0.05, 0.1) is 61.9 Å². The molecule has 0 spiro atoms. The molecule has 0 aromatic rings. The number of methoxy groups -OCH3 is 2. The summed E-state index contributed by atoms with van der Waals surface area (Å²) in [5, 5.41) is 184. The number of hydrogen-bond donors (Lipinski definition) is 17. The van der Waals surface area contributed by atoms with Crippen molar-refractivity contribution in [3.8, 4) is 0 Å². The molecule has 0 aromatic heterocycles. The van der Waals surface area contributed by atoms with Gasteiger partial charge in [0, 0.05) is 45.1 Å². The van der Waals surface area contributed by atoms with Crippen LogP contribution in [0.15, 0.2) is 24.3 Å². The fourth-order valence-corrected chi connectivity index (χ4v) is 14.7. The molecular formula is C62H97O35+. The molecule has 0 radical (unpaired) electrons. The van der Waals surface area contributed by atoms with Gasteiger partial charge in [-0.25, -0.2) is 9.59 Å². The number of carbonyl (C=O) groups is 4. The van der Waals surface area contributed by atoms with Crippen molar-refractivity contribution in [1.82, 2.24) is 0 Å². The van der Waals surface area contributed by atoms with Crippen molar-refractivity contribution in [1.29, 1.82) is 0 Å². The number of carbonyl (C=O) groups excluding carboxylic acids is 3. The maximum atomic E-state index is 13.8. The largest absolute Gasteiger partial charge is 0.481 e. The number of esters is 3. The zero-order chi connectivity index (χ0) is 70.3. The summed E-state index contributed by atoms with van der Waals surface area (Å²) in [6.07, 6.45) is -39.7. The van der Waals surface area contributed by atoms with Crippen LogP contribution in [0.25, 0.3) is 0 Å². The van der Waals surface area contributed by atoms with Crippen LogP contribution in [0.2, 0.25) is 0 Å². The van der Waals surface area contributed by atoms with Gasteiger partial charge in [0.15, 0.2) is 43.5 Å². The monoisotopic (exact) mass is 1400 g/mol. The molecule has 9 aliphatic rings. The summed E-state index contributed by atoms with van der Waals surface area (Å²) in [5.74, 6) is -6.74. The van der Waals surface area contributed by atoms with Crippen molar-refractivity contribution in [2.45, 2.75) is 273 Å². The summed E-state index contributed by atoms with van der Waals surface area (Å²) in [5.41, 5.74) is 0. The Balaban J connectivity index is 0.966. The number of allylic oxidation sites excluding steroid dienone is 2. The van der Waals surface area contributed by atoms with Gasteiger partial charge in [-0.2, -0.15) is 0 Å². The Hall–Kier alpha value is -3.72. The number of fused-ring (bicyclic) bond motifs is 1. The first kappa shape index (κ1) is 77.4. The first-order chi connectivity index (χ1) is 46.2. The minimum Gasteiger partial charge on any atom is -0.481 e. The van der Waals surface area contributed by atoms with Crippen LogP contribution in [-0.4, -0.2) is 346 Å². The van der Waals surface area contributed by atoms with Crippen molar-refractivity contribution >= 4 is 23.9 Å². The summed E-state index contributed by atoms with van der Waals surface area (Å²) in [6, 6.07) is 0. The van der Waals surface area contributed by atoms with Gasteiger partial charge >= 0.3 is 23.9 Å². The maximum Gasteiger partial charge on any atom is 0.330 e. The number of carboxylic acid groups (broad SMARTS) is 1. The Morgan fingerprint density at radius 2 is 0.990 bits per heavy atom. The number of hydrogen-bond acceptors (Lipinski definition) is 33. The predicted octanol–water partition coefficient (Wildman–Crippen LogP) is -7.44. The Morgan fingerprint density at radius 3 is 1.61 bits per heavy atom. The molecule has 4 saturated carbocycles. The van der Waals surface area contributed by atoms with Gasteiger partial charge in [0.1, 0.15) is 123 Å². The minimum absolute atomic E-state index is 0.0303. The normalized spacial score (nSPS) is 46.8. The third-order valence-corrected chi connectivity index (χ3v) is 20.3. The van der Waals surface area contributed by atoms with Crippen LogP contribution in [0.3, 0.4) is 0 Å². The molecule has 0 aromatic carbocycles. The van der Waals surface area contributed by atoms with Crippen LogP contribution in [0.5, 0.6) is 0 Å². The molecule has 0 bridgehead atoms. The van der Waals surface area contributed by atoms with Gasteiger partial charge in [0.2, 0.25) is 0 Å². The van der Waals surface area contributed by atoms with E-state index in [1.807, 2.05) is 0 Å². The van der Waals surface area contributed by atoms with Gasteiger partial charge < -0.3 is 153 Å². The van der Waals surface area contributed by atoms with E-state index in [1.165, 1.54) is 20.3 Å². The number of rotatable bonds is 24. The molecule has 35 nitrogen and oxygen atoms in total. The molecule has 9 fully saturated rings. The third-order valence-electron chi connectivity index (χ3n) is 20.3. The SMILES string of the molecule is COC1CC(C=CC(=O)O[C@H]2[C@H](O[C@H]3[C@H](OC4CC5C(O[C@@H]6O[C@H](COC(=O)CC(=O)O)[C@@H](O)[C@H](O)[C@H]6O)CC(O)CC5[OH+]C4C4CCC(O)C(O)C4)O[C@H](COC(=O)C=CC4CCC(O[C@@H]5O[C@H](CO)[C@@H](O)[C@H](O)[C@H]5O)CC4)[C@@H](O)[C@@H]3O)O[C@H](CO)[C@@H](O)[C@@H]2O)CC(OC)C1O. The second-order valence-electron chi connectivity index (χ2n) is 26.8. The molecular weight excluding hydrogens is 1300 g/mol. The van der Waals surface area contributed by atoms with Gasteiger partial charge in [-0.05, 0) is 76.0 Å². The predicted molar refractivity (Wildman–Crippen MR) is 315 cm³/mol. The van der Waals surface area contributed by atoms with Crippen molar-refractivity contribution in [2.75, 3.05) is 40.6 Å². The van der Waals surface area contributed by atoms with Crippen molar-refractivity contribution in [2.24, 2.45) is 23.7 Å². The van der Waals surface area contributed by atoms with Crippen molar-refractivity contribution < 1.29 is 172 Å². The number of aliphatic carboxylic acids is 1. The second kappa shape index (κ2) is 35.0. The maximum absolute atomic E-state index is 13.8. The van der Waals surface area contributed by atoms with Gasteiger partial charge in [-0.15, -0.1) is 0 Å². The molecule has 554 valence electrons. The highest BCUT2D eigenvalue weighted by molar-refractivity contribution is 5.90. The molecule has 18 N–H and O–H groups in total.